The van der Waals surface area contributed by atoms with E-state index < -0.39 is 10.0 Å². The molecule has 3 rings (SSSR count). The largest absolute Gasteiger partial charge is 0.476 e. The smallest absolute Gasteiger partial charge is 0.238 e. The Morgan fingerprint density at radius 2 is 1.93 bits per heavy atom. The van der Waals surface area contributed by atoms with E-state index in [4.69, 9.17) is 9.88 Å². The first-order valence-electron chi connectivity index (χ1n) is 9.26. The summed E-state index contributed by atoms with van der Waals surface area (Å²) in [6, 6.07) is 7.81. The fourth-order valence-electron chi connectivity index (χ4n) is 3.34. The van der Waals surface area contributed by atoms with Gasteiger partial charge in [-0.05, 0) is 37.1 Å². The molecule has 2 aromatic rings. The molecule has 9 nitrogen and oxygen atoms in total. The van der Waals surface area contributed by atoms with E-state index in [9.17, 15) is 18.8 Å². The van der Waals surface area contributed by atoms with Crippen molar-refractivity contribution in [3.05, 3.63) is 36.0 Å². The number of nitrogens with two attached hydrogens (primary N) is 1. The molecule has 1 aromatic heterocycles. The molecule has 1 fully saturated rings. The minimum Gasteiger partial charge on any atom is -0.476 e. The maximum absolute atomic E-state index is 11.3. The van der Waals surface area contributed by atoms with Crippen molar-refractivity contribution in [1.29, 1.82) is 5.26 Å². The third-order valence-electron chi connectivity index (χ3n) is 5.08. The summed E-state index contributed by atoms with van der Waals surface area (Å²) in [4.78, 5) is 8.36. The lowest BCUT2D eigenvalue weighted by molar-refractivity contribution is 0.0315. The van der Waals surface area contributed by atoms with E-state index in [1.807, 2.05) is 6.07 Å². The van der Waals surface area contributed by atoms with Crippen molar-refractivity contribution in [1.82, 2.24) is 9.97 Å². The van der Waals surface area contributed by atoms with E-state index in [0.29, 0.717) is 5.69 Å². The van der Waals surface area contributed by atoms with Crippen LogP contribution in [0.4, 0.5) is 11.6 Å². The van der Waals surface area contributed by atoms with Crippen LogP contribution in [0.25, 0.3) is 0 Å². The Labute approximate surface area is 169 Å². The van der Waals surface area contributed by atoms with Gasteiger partial charge in [0.2, 0.25) is 21.9 Å². The normalized spacial score (nSPS) is 16.0. The molecule has 10 heteroatoms. The van der Waals surface area contributed by atoms with Crippen LogP contribution in [0, 0.1) is 16.7 Å². The number of aliphatic hydroxyl groups excluding tert-OH is 1. The van der Waals surface area contributed by atoms with Gasteiger partial charge in [0.15, 0.2) is 0 Å². The van der Waals surface area contributed by atoms with Gasteiger partial charge in [-0.1, -0.05) is 19.3 Å². The molecule has 0 aliphatic heterocycles. The molecule has 0 radical (unpaired) electrons. The average Bonchev–Trinajstić information content (AvgIpc) is 2.73. The third-order valence-corrected chi connectivity index (χ3v) is 6.01. The number of nitrogens with one attached hydrogen (secondary N) is 1. The number of aromatic nitrogens is 2. The van der Waals surface area contributed by atoms with Crippen molar-refractivity contribution in [2.75, 3.05) is 18.5 Å². The molecule has 1 aromatic carbocycles. The highest BCUT2D eigenvalue weighted by molar-refractivity contribution is 7.89. The SMILES string of the molecule is N#Cc1cnc(Nc2ccc(S(N)(=O)=O)cc2)nc1OCC1(CO)CCCCC1. The zero-order valence-corrected chi connectivity index (χ0v) is 16.7. The summed E-state index contributed by atoms with van der Waals surface area (Å²) in [7, 11) is -3.77. The summed E-state index contributed by atoms with van der Waals surface area (Å²) in [5.74, 6) is 0.341. The summed E-state index contributed by atoms with van der Waals surface area (Å²) in [6.07, 6.45) is 6.34. The minimum atomic E-state index is -3.77. The van der Waals surface area contributed by atoms with Crippen molar-refractivity contribution < 1.29 is 18.3 Å². The molecular formula is C19H23N5O4S. The molecule has 0 atom stereocenters. The molecule has 154 valence electrons. The van der Waals surface area contributed by atoms with E-state index in [2.05, 4.69) is 15.3 Å². The van der Waals surface area contributed by atoms with Gasteiger partial charge >= 0.3 is 0 Å². The Kier molecular flexibility index (Phi) is 6.32. The van der Waals surface area contributed by atoms with E-state index in [1.165, 1.54) is 30.5 Å². The van der Waals surface area contributed by atoms with E-state index in [0.717, 1.165) is 32.1 Å². The van der Waals surface area contributed by atoms with Crippen LogP contribution in [0.15, 0.2) is 35.4 Å². The Morgan fingerprint density at radius 3 is 2.52 bits per heavy atom. The molecule has 0 spiro atoms. The summed E-state index contributed by atoms with van der Waals surface area (Å²) < 4.78 is 28.5. The number of primary sulfonamides is 1. The monoisotopic (exact) mass is 417 g/mol. The van der Waals surface area contributed by atoms with Gasteiger partial charge in [0.05, 0.1) is 24.3 Å². The second-order valence-electron chi connectivity index (χ2n) is 7.23. The maximum atomic E-state index is 11.3. The summed E-state index contributed by atoms with van der Waals surface area (Å²) in [5, 5.41) is 27.2. The molecule has 29 heavy (non-hydrogen) atoms. The minimum absolute atomic E-state index is 0.00500. The standard InChI is InChI=1S/C19H23N5O4S/c20-10-14-11-22-18(23-15-4-6-16(7-5-15)29(21,26)27)24-17(14)28-13-19(12-25)8-2-1-3-9-19/h4-7,11,25H,1-3,8-9,12-13H2,(H2,21,26,27)(H,22,23,24). The summed E-state index contributed by atoms with van der Waals surface area (Å²) >= 11 is 0. The number of nitriles is 1. The van der Waals surface area contributed by atoms with Crippen molar-refractivity contribution in [3.8, 4) is 11.9 Å². The first-order valence-corrected chi connectivity index (χ1v) is 10.8. The highest BCUT2D eigenvalue weighted by Gasteiger charge is 2.32. The zero-order chi connectivity index (χ0) is 20.9. The summed E-state index contributed by atoms with van der Waals surface area (Å²) in [6.45, 7) is 0.305. The van der Waals surface area contributed by atoms with E-state index >= 15 is 0 Å². The molecule has 0 saturated heterocycles. The molecular weight excluding hydrogens is 394 g/mol. The second kappa shape index (κ2) is 8.73. The molecule has 1 heterocycles. The van der Waals surface area contributed by atoms with Crippen molar-refractivity contribution in [2.45, 2.75) is 37.0 Å². The van der Waals surface area contributed by atoms with Gasteiger partial charge in [0.1, 0.15) is 11.6 Å². The van der Waals surface area contributed by atoms with Crippen LogP contribution in [-0.4, -0.2) is 36.7 Å². The van der Waals surface area contributed by atoms with Crippen molar-refractivity contribution >= 4 is 21.7 Å². The average molecular weight is 417 g/mol. The molecule has 4 N–H and O–H groups in total. The van der Waals surface area contributed by atoms with Crippen LogP contribution in [0.1, 0.15) is 37.7 Å². The van der Waals surface area contributed by atoms with Crippen LogP contribution < -0.4 is 15.2 Å². The predicted molar refractivity (Wildman–Crippen MR) is 106 cm³/mol. The topological polar surface area (TPSA) is 151 Å². The molecule has 0 unspecified atom stereocenters. The summed E-state index contributed by atoms with van der Waals surface area (Å²) in [5.41, 5.74) is 0.434. The van der Waals surface area contributed by atoms with Crippen LogP contribution >= 0.6 is 0 Å². The fourth-order valence-corrected chi connectivity index (χ4v) is 3.86. The van der Waals surface area contributed by atoms with Crippen LogP contribution in [0.3, 0.4) is 0 Å². The van der Waals surface area contributed by atoms with Crippen LogP contribution in [0.5, 0.6) is 5.88 Å². The number of rotatable bonds is 7. The number of sulfonamides is 1. The number of hydrogen-bond donors (Lipinski definition) is 3. The number of ether oxygens (including phenoxy) is 1. The van der Waals surface area contributed by atoms with Gasteiger partial charge in [-0.2, -0.15) is 10.2 Å². The highest BCUT2D eigenvalue weighted by Crippen LogP contribution is 2.36. The Hall–Kier alpha value is -2.74. The van der Waals surface area contributed by atoms with Gasteiger partial charge < -0.3 is 15.2 Å². The van der Waals surface area contributed by atoms with Crippen molar-refractivity contribution in [2.24, 2.45) is 10.6 Å². The number of hydrogen-bond acceptors (Lipinski definition) is 8. The number of aliphatic hydroxyl groups is 1. The molecule has 0 amide bonds. The van der Waals surface area contributed by atoms with Gasteiger partial charge in [0.25, 0.3) is 0 Å². The second-order valence-corrected chi connectivity index (χ2v) is 8.79. The third kappa shape index (κ3) is 5.20. The van der Waals surface area contributed by atoms with Crippen molar-refractivity contribution in [3.63, 3.8) is 0 Å². The molecule has 1 saturated carbocycles. The zero-order valence-electron chi connectivity index (χ0n) is 15.8. The fraction of sp³-hybridized carbons (Fsp3) is 0.421. The Bertz CT molecular complexity index is 996. The van der Waals surface area contributed by atoms with Crippen LogP contribution in [0.2, 0.25) is 0 Å². The van der Waals surface area contributed by atoms with Gasteiger partial charge in [-0.3, -0.25) is 0 Å². The van der Waals surface area contributed by atoms with E-state index in [1.54, 1.807) is 0 Å². The first kappa shape index (κ1) is 21.0. The lowest BCUT2D eigenvalue weighted by Gasteiger charge is -2.35. The van der Waals surface area contributed by atoms with Gasteiger partial charge in [-0.15, -0.1) is 0 Å². The Balaban J connectivity index is 1.75. The number of benzene rings is 1. The maximum Gasteiger partial charge on any atom is 0.238 e. The van der Waals surface area contributed by atoms with Gasteiger partial charge in [0, 0.05) is 11.1 Å². The molecule has 1 aliphatic carbocycles. The molecule has 0 bridgehead atoms. The first-order chi connectivity index (χ1) is 13.8. The lowest BCUT2D eigenvalue weighted by atomic mass is 9.75. The number of anilines is 2. The lowest BCUT2D eigenvalue weighted by Crippen LogP contribution is -2.35. The number of nitrogens with zero attached hydrogens (tertiary/aromatic N) is 3. The molecule has 1 aliphatic rings. The predicted octanol–water partition coefficient (Wildman–Crippen LogP) is 2.06. The van der Waals surface area contributed by atoms with E-state index in [-0.39, 0.29) is 40.9 Å². The highest BCUT2D eigenvalue weighted by atomic mass is 32.2. The quantitative estimate of drug-likeness (QED) is 0.619. The van der Waals surface area contributed by atoms with Gasteiger partial charge in [-0.25, -0.2) is 18.5 Å². The van der Waals surface area contributed by atoms with Crippen LogP contribution in [-0.2, 0) is 10.0 Å². The Morgan fingerprint density at radius 1 is 1.24 bits per heavy atom.